The molecule has 0 saturated carbocycles. The number of benzene rings is 2. The summed E-state index contributed by atoms with van der Waals surface area (Å²) >= 11 is 5.33. The van der Waals surface area contributed by atoms with Crippen LogP contribution in [0.25, 0.3) is 5.70 Å². The largest absolute Gasteiger partial charge is 0.496 e. The van der Waals surface area contributed by atoms with Gasteiger partial charge in [-0.3, -0.25) is 4.99 Å². The van der Waals surface area contributed by atoms with Crippen molar-refractivity contribution in [2.45, 2.75) is 39.2 Å². The van der Waals surface area contributed by atoms with E-state index in [9.17, 15) is 0 Å². The van der Waals surface area contributed by atoms with E-state index < -0.39 is 0 Å². The Balaban J connectivity index is 1.63. The lowest BCUT2D eigenvalue weighted by Crippen LogP contribution is -2.28. The molecule has 0 radical (unpaired) electrons. The second kappa shape index (κ2) is 7.60. The highest BCUT2D eigenvalue weighted by Gasteiger charge is 2.37. The van der Waals surface area contributed by atoms with Crippen molar-refractivity contribution in [3.63, 3.8) is 0 Å². The maximum absolute atomic E-state index is 5.57. The molecule has 2 aliphatic rings. The van der Waals surface area contributed by atoms with E-state index in [0.717, 1.165) is 34.8 Å². The molecule has 0 spiro atoms. The Morgan fingerprint density at radius 3 is 2.82 bits per heavy atom. The van der Waals surface area contributed by atoms with Crippen molar-refractivity contribution >= 4 is 38.6 Å². The van der Waals surface area contributed by atoms with Crippen molar-refractivity contribution in [3.8, 4) is 5.75 Å². The monoisotopic (exact) mass is 456 g/mol. The highest BCUT2D eigenvalue weighted by Crippen LogP contribution is 2.41. The Labute approximate surface area is 180 Å². The number of rotatable bonds is 5. The number of methoxy groups -OCH3 is 1. The lowest BCUT2D eigenvalue weighted by molar-refractivity contribution is 0.409. The molecule has 2 aromatic carbocycles. The summed E-state index contributed by atoms with van der Waals surface area (Å²) in [5.41, 5.74) is 6.56. The molecule has 0 aliphatic carbocycles. The number of aryl methyl sites for hydroxylation is 2. The standard InChI is InChI=1S/C23H25BrN2OS/c1-15-6-5-7-19(20-13-28-22-25-23(2,3)14-26(20)22)18(15)10-8-16-12-17(24)9-11-21(16)27-4/h5-7,9,11-13H,8,10,14H2,1-4H3. The normalized spacial score (nSPS) is 17.4. The third-order valence-electron chi connectivity index (χ3n) is 5.31. The lowest BCUT2D eigenvalue weighted by Gasteiger charge is -2.23. The summed E-state index contributed by atoms with van der Waals surface area (Å²) < 4.78 is 6.66. The molecule has 4 rings (SSSR count). The van der Waals surface area contributed by atoms with Gasteiger partial charge >= 0.3 is 0 Å². The van der Waals surface area contributed by atoms with E-state index in [4.69, 9.17) is 9.73 Å². The second-order valence-corrected chi connectivity index (χ2v) is 9.72. The van der Waals surface area contributed by atoms with Crippen LogP contribution in [0.5, 0.6) is 5.75 Å². The van der Waals surface area contributed by atoms with Gasteiger partial charge in [-0.2, -0.15) is 0 Å². The first kappa shape index (κ1) is 19.6. The smallest absolute Gasteiger partial charge is 0.168 e. The van der Waals surface area contributed by atoms with Gasteiger partial charge < -0.3 is 9.64 Å². The highest BCUT2D eigenvalue weighted by atomic mass is 79.9. The Bertz CT molecular complexity index is 981. The summed E-state index contributed by atoms with van der Waals surface area (Å²) in [4.78, 5) is 7.25. The fraction of sp³-hybridized carbons (Fsp3) is 0.348. The van der Waals surface area contributed by atoms with Crippen LogP contribution >= 0.6 is 27.7 Å². The Kier molecular flexibility index (Phi) is 5.32. The van der Waals surface area contributed by atoms with Gasteiger partial charge in [-0.05, 0) is 68.5 Å². The molecule has 3 nitrogen and oxygen atoms in total. The van der Waals surface area contributed by atoms with Crippen LogP contribution < -0.4 is 4.74 Å². The minimum atomic E-state index is -0.0183. The topological polar surface area (TPSA) is 24.8 Å². The number of aliphatic imine (C=N–C) groups is 1. The van der Waals surface area contributed by atoms with Crippen molar-refractivity contribution in [2.75, 3.05) is 13.7 Å². The zero-order valence-electron chi connectivity index (χ0n) is 16.8. The summed E-state index contributed by atoms with van der Waals surface area (Å²) in [6.07, 6.45) is 1.91. The number of hydrogen-bond acceptors (Lipinski definition) is 4. The first-order chi connectivity index (χ1) is 13.4. The number of amidine groups is 1. The fourth-order valence-electron chi connectivity index (χ4n) is 3.94. The van der Waals surface area contributed by atoms with Crippen molar-refractivity contribution in [2.24, 2.45) is 4.99 Å². The van der Waals surface area contributed by atoms with E-state index in [1.165, 1.54) is 28.0 Å². The molecule has 2 aromatic rings. The fourth-order valence-corrected chi connectivity index (χ4v) is 5.41. The summed E-state index contributed by atoms with van der Waals surface area (Å²) in [5, 5.41) is 3.38. The van der Waals surface area contributed by atoms with Crippen molar-refractivity contribution in [1.82, 2.24) is 4.90 Å². The number of nitrogens with zero attached hydrogens (tertiary/aromatic N) is 2. The number of ether oxygens (including phenoxy) is 1. The van der Waals surface area contributed by atoms with Gasteiger partial charge in [-0.1, -0.05) is 45.9 Å². The first-order valence-corrected chi connectivity index (χ1v) is 11.2. The van der Waals surface area contributed by atoms with Gasteiger partial charge in [0.25, 0.3) is 0 Å². The van der Waals surface area contributed by atoms with E-state index in [2.05, 4.69) is 71.3 Å². The zero-order valence-corrected chi connectivity index (χ0v) is 19.2. The van der Waals surface area contributed by atoms with Crippen LogP contribution in [0, 0.1) is 6.92 Å². The first-order valence-electron chi connectivity index (χ1n) is 9.53. The van der Waals surface area contributed by atoms with Crippen LogP contribution in [0.2, 0.25) is 0 Å². The van der Waals surface area contributed by atoms with E-state index in [-0.39, 0.29) is 5.54 Å². The Hall–Kier alpha value is -1.72. The van der Waals surface area contributed by atoms with Crippen molar-refractivity contribution in [3.05, 3.63) is 68.5 Å². The number of thioether (sulfide) groups is 1. The van der Waals surface area contributed by atoms with E-state index in [1.807, 2.05) is 12.1 Å². The van der Waals surface area contributed by atoms with Crippen LogP contribution in [-0.2, 0) is 12.8 Å². The molecule has 5 heteroatoms. The Morgan fingerprint density at radius 2 is 2.04 bits per heavy atom. The summed E-state index contributed by atoms with van der Waals surface area (Å²) in [6.45, 7) is 7.55. The van der Waals surface area contributed by atoms with Crippen LogP contribution in [0.4, 0.5) is 0 Å². The van der Waals surface area contributed by atoms with Gasteiger partial charge in [-0.15, -0.1) is 0 Å². The predicted molar refractivity (Wildman–Crippen MR) is 123 cm³/mol. The molecule has 0 unspecified atom stereocenters. The number of halogens is 1. The van der Waals surface area contributed by atoms with Gasteiger partial charge in [0, 0.05) is 22.0 Å². The van der Waals surface area contributed by atoms with Gasteiger partial charge in [0.1, 0.15) is 5.75 Å². The molecule has 2 aliphatic heterocycles. The molecule has 0 fully saturated rings. The predicted octanol–water partition coefficient (Wildman–Crippen LogP) is 6.05. The van der Waals surface area contributed by atoms with Crippen LogP contribution in [0.1, 0.15) is 36.1 Å². The third-order valence-corrected chi connectivity index (χ3v) is 6.67. The maximum Gasteiger partial charge on any atom is 0.168 e. The van der Waals surface area contributed by atoms with Gasteiger partial charge in [0.15, 0.2) is 5.17 Å². The van der Waals surface area contributed by atoms with Gasteiger partial charge in [0.05, 0.1) is 18.3 Å². The van der Waals surface area contributed by atoms with Crippen molar-refractivity contribution < 1.29 is 4.74 Å². The molecular weight excluding hydrogens is 432 g/mol. The van der Waals surface area contributed by atoms with E-state index in [1.54, 1.807) is 18.9 Å². The van der Waals surface area contributed by atoms with Gasteiger partial charge in [0.2, 0.25) is 0 Å². The minimum absolute atomic E-state index is 0.0183. The molecule has 28 heavy (non-hydrogen) atoms. The van der Waals surface area contributed by atoms with E-state index >= 15 is 0 Å². The SMILES string of the molecule is COc1ccc(Br)cc1CCc1c(C)cccc1C1=CSC2=NC(C)(C)CN12. The third kappa shape index (κ3) is 3.74. The average molecular weight is 457 g/mol. The van der Waals surface area contributed by atoms with E-state index in [0.29, 0.717) is 0 Å². The summed E-state index contributed by atoms with van der Waals surface area (Å²) in [7, 11) is 1.74. The quantitative estimate of drug-likeness (QED) is 0.547. The molecule has 0 amide bonds. The highest BCUT2D eigenvalue weighted by molar-refractivity contribution is 9.10. The molecule has 146 valence electrons. The maximum atomic E-state index is 5.57. The number of hydrogen-bond donors (Lipinski definition) is 0. The average Bonchev–Trinajstić information content (AvgIpc) is 3.15. The zero-order chi connectivity index (χ0) is 19.9. The summed E-state index contributed by atoms with van der Waals surface area (Å²) in [5.74, 6) is 0.949. The van der Waals surface area contributed by atoms with Crippen LogP contribution in [-0.4, -0.2) is 29.3 Å². The molecule has 0 bridgehead atoms. The summed E-state index contributed by atoms with van der Waals surface area (Å²) in [6, 6.07) is 12.8. The molecular formula is C23H25BrN2OS. The Morgan fingerprint density at radius 1 is 1.21 bits per heavy atom. The number of fused-ring (bicyclic) bond motifs is 1. The van der Waals surface area contributed by atoms with Crippen LogP contribution in [0.15, 0.2) is 51.3 Å². The van der Waals surface area contributed by atoms with Crippen LogP contribution in [0.3, 0.4) is 0 Å². The van der Waals surface area contributed by atoms with Gasteiger partial charge in [-0.25, -0.2) is 0 Å². The minimum Gasteiger partial charge on any atom is -0.496 e. The second-order valence-electron chi connectivity index (χ2n) is 7.97. The lowest BCUT2D eigenvalue weighted by atomic mass is 9.93. The molecule has 0 saturated heterocycles. The molecule has 0 N–H and O–H groups in total. The molecule has 0 atom stereocenters. The van der Waals surface area contributed by atoms with Crippen molar-refractivity contribution in [1.29, 1.82) is 0 Å². The molecule has 0 aromatic heterocycles. The molecule has 2 heterocycles.